The third-order valence-electron chi connectivity index (χ3n) is 3.58. The van der Waals surface area contributed by atoms with Crippen LogP contribution in [-0.4, -0.2) is 31.1 Å². The summed E-state index contributed by atoms with van der Waals surface area (Å²) in [4.78, 5) is 23.6. The molecule has 124 valence electrons. The molecule has 1 aromatic carbocycles. The summed E-state index contributed by atoms with van der Waals surface area (Å²) in [5, 5.41) is 5.64. The van der Waals surface area contributed by atoms with Gasteiger partial charge < -0.3 is 15.4 Å². The molecular formula is C17H21FN2O3. The van der Waals surface area contributed by atoms with Gasteiger partial charge in [0.25, 0.3) is 5.91 Å². The Hall–Kier alpha value is -2.21. The molecule has 1 heterocycles. The third kappa shape index (κ3) is 4.89. The molecular weight excluding hydrogens is 299 g/mol. The number of rotatable bonds is 4. The van der Waals surface area contributed by atoms with Gasteiger partial charge in [-0.1, -0.05) is 0 Å². The SMILES string of the molecule is CC(C)=C(F)C(=O)Nc1ccc(C(=O)OC2CCNCC2)cc1. The van der Waals surface area contributed by atoms with E-state index in [0.717, 1.165) is 25.9 Å². The average Bonchev–Trinajstić information content (AvgIpc) is 2.55. The quantitative estimate of drug-likeness (QED) is 0.661. The highest BCUT2D eigenvalue weighted by Gasteiger charge is 2.18. The van der Waals surface area contributed by atoms with Crippen LogP contribution >= 0.6 is 0 Å². The van der Waals surface area contributed by atoms with E-state index >= 15 is 0 Å². The number of amides is 1. The minimum atomic E-state index is -0.806. The summed E-state index contributed by atoms with van der Waals surface area (Å²) in [6.07, 6.45) is 1.55. The molecule has 23 heavy (non-hydrogen) atoms. The predicted octanol–water partition coefficient (Wildman–Crippen LogP) is 2.80. The number of esters is 1. The van der Waals surface area contributed by atoms with Gasteiger partial charge in [-0.25, -0.2) is 9.18 Å². The summed E-state index contributed by atoms with van der Waals surface area (Å²) in [7, 11) is 0. The van der Waals surface area contributed by atoms with E-state index in [9.17, 15) is 14.0 Å². The summed E-state index contributed by atoms with van der Waals surface area (Å²) in [6, 6.07) is 6.21. The summed E-state index contributed by atoms with van der Waals surface area (Å²) >= 11 is 0. The smallest absolute Gasteiger partial charge is 0.338 e. The summed E-state index contributed by atoms with van der Waals surface area (Å²) in [6.45, 7) is 4.74. The van der Waals surface area contributed by atoms with E-state index in [1.807, 2.05) is 0 Å². The van der Waals surface area contributed by atoms with Gasteiger partial charge in [0.15, 0.2) is 5.83 Å². The highest BCUT2D eigenvalue weighted by Crippen LogP contribution is 2.15. The van der Waals surface area contributed by atoms with Crippen LogP contribution < -0.4 is 10.6 Å². The fraction of sp³-hybridized carbons (Fsp3) is 0.412. The Morgan fingerprint density at radius 2 is 1.78 bits per heavy atom. The van der Waals surface area contributed by atoms with Crippen molar-refractivity contribution in [2.75, 3.05) is 18.4 Å². The Kier molecular flexibility index (Phi) is 5.87. The molecule has 1 amide bonds. The van der Waals surface area contributed by atoms with Crippen molar-refractivity contribution in [3.05, 3.63) is 41.2 Å². The lowest BCUT2D eigenvalue weighted by molar-refractivity contribution is -0.114. The molecule has 0 atom stereocenters. The second-order valence-corrected chi connectivity index (χ2v) is 5.70. The van der Waals surface area contributed by atoms with Gasteiger partial charge in [-0.3, -0.25) is 4.79 Å². The minimum absolute atomic E-state index is 0.0603. The summed E-state index contributed by atoms with van der Waals surface area (Å²) in [5.41, 5.74) is 1.14. The first-order valence-corrected chi connectivity index (χ1v) is 7.63. The molecule has 6 heteroatoms. The number of ether oxygens (including phenoxy) is 1. The number of piperidine rings is 1. The van der Waals surface area contributed by atoms with Crippen molar-refractivity contribution in [2.45, 2.75) is 32.8 Å². The maximum absolute atomic E-state index is 13.5. The second kappa shape index (κ2) is 7.87. The predicted molar refractivity (Wildman–Crippen MR) is 85.9 cm³/mol. The first-order chi connectivity index (χ1) is 11.0. The lowest BCUT2D eigenvalue weighted by Crippen LogP contribution is -2.33. The highest BCUT2D eigenvalue weighted by atomic mass is 19.1. The zero-order valence-electron chi connectivity index (χ0n) is 13.3. The van der Waals surface area contributed by atoms with Crippen LogP contribution in [0, 0.1) is 0 Å². The van der Waals surface area contributed by atoms with Gasteiger partial charge in [-0.2, -0.15) is 0 Å². The molecule has 0 bridgehead atoms. The first-order valence-electron chi connectivity index (χ1n) is 7.63. The van der Waals surface area contributed by atoms with Gasteiger partial charge >= 0.3 is 5.97 Å². The van der Waals surface area contributed by atoms with Crippen LogP contribution in [0.2, 0.25) is 0 Å². The first kappa shape index (κ1) is 17.1. The topological polar surface area (TPSA) is 67.4 Å². The minimum Gasteiger partial charge on any atom is -0.459 e. The number of carbonyl (C=O) groups is 2. The van der Waals surface area contributed by atoms with E-state index in [4.69, 9.17) is 4.74 Å². The van der Waals surface area contributed by atoms with E-state index in [2.05, 4.69) is 10.6 Å². The van der Waals surface area contributed by atoms with Gasteiger partial charge in [0.2, 0.25) is 0 Å². The number of allylic oxidation sites excluding steroid dienone is 1. The highest BCUT2D eigenvalue weighted by molar-refractivity contribution is 6.02. The van der Waals surface area contributed by atoms with E-state index in [-0.39, 0.29) is 12.1 Å². The molecule has 1 aromatic rings. The van der Waals surface area contributed by atoms with Crippen molar-refractivity contribution in [1.82, 2.24) is 5.32 Å². The monoisotopic (exact) mass is 320 g/mol. The van der Waals surface area contributed by atoms with Crippen LogP contribution in [-0.2, 0) is 9.53 Å². The van der Waals surface area contributed by atoms with Crippen LogP contribution in [0.5, 0.6) is 0 Å². The molecule has 0 aliphatic carbocycles. The van der Waals surface area contributed by atoms with Crippen LogP contribution in [0.4, 0.5) is 10.1 Å². The third-order valence-corrected chi connectivity index (χ3v) is 3.58. The van der Waals surface area contributed by atoms with Crippen molar-refractivity contribution in [2.24, 2.45) is 0 Å². The van der Waals surface area contributed by atoms with Gasteiger partial charge in [-0.05, 0) is 69.6 Å². The number of nitrogens with one attached hydrogen (secondary N) is 2. The molecule has 0 spiro atoms. The zero-order valence-corrected chi connectivity index (χ0v) is 13.3. The molecule has 0 aromatic heterocycles. The Balaban J connectivity index is 1.94. The van der Waals surface area contributed by atoms with Gasteiger partial charge in [0.1, 0.15) is 6.10 Å². The molecule has 1 aliphatic rings. The van der Waals surface area contributed by atoms with Gasteiger partial charge in [-0.15, -0.1) is 0 Å². The summed E-state index contributed by atoms with van der Waals surface area (Å²) in [5.74, 6) is -1.99. The molecule has 1 saturated heterocycles. The van der Waals surface area contributed by atoms with Crippen LogP contribution in [0.15, 0.2) is 35.7 Å². The Labute approximate surface area is 134 Å². The fourth-order valence-electron chi connectivity index (χ4n) is 2.24. The maximum Gasteiger partial charge on any atom is 0.338 e. The Morgan fingerprint density at radius 3 is 2.35 bits per heavy atom. The molecule has 1 fully saturated rings. The number of anilines is 1. The Bertz CT molecular complexity index is 601. The maximum atomic E-state index is 13.5. The number of hydrogen-bond donors (Lipinski definition) is 2. The average molecular weight is 320 g/mol. The number of carbonyl (C=O) groups excluding carboxylic acids is 2. The normalized spacial score (nSPS) is 14.9. The van der Waals surface area contributed by atoms with Crippen molar-refractivity contribution in [1.29, 1.82) is 0 Å². The number of hydrogen-bond acceptors (Lipinski definition) is 4. The van der Waals surface area contributed by atoms with E-state index in [1.54, 1.807) is 24.3 Å². The van der Waals surface area contributed by atoms with Crippen molar-refractivity contribution in [3.8, 4) is 0 Å². The van der Waals surface area contributed by atoms with E-state index in [1.165, 1.54) is 13.8 Å². The van der Waals surface area contributed by atoms with E-state index in [0.29, 0.717) is 16.8 Å². The summed E-state index contributed by atoms with van der Waals surface area (Å²) < 4.78 is 18.9. The zero-order chi connectivity index (χ0) is 16.8. The fourth-order valence-corrected chi connectivity index (χ4v) is 2.24. The molecule has 5 nitrogen and oxygen atoms in total. The van der Waals surface area contributed by atoms with Gasteiger partial charge in [0.05, 0.1) is 5.56 Å². The molecule has 1 aliphatic heterocycles. The van der Waals surface area contributed by atoms with Crippen LogP contribution in [0.3, 0.4) is 0 Å². The molecule has 0 radical (unpaired) electrons. The Morgan fingerprint density at radius 1 is 1.17 bits per heavy atom. The van der Waals surface area contributed by atoms with Crippen molar-refractivity contribution >= 4 is 17.6 Å². The lowest BCUT2D eigenvalue weighted by Gasteiger charge is -2.22. The molecule has 2 N–H and O–H groups in total. The largest absolute Gasteiger partial charge is 0.459 e. The van der Waals surface area contributed by atoms with Crippen LogP contribution in [0.1, 0.15) is 37.0 Å². The van der Waals surface area contributed by atoms with Crippen LogP contribution in [0.25, 0.3) is 0 Å². The van der Waals surface area contributed by atoms with Crippen molar-refractivity contribution in [3.63, 3.8) is 0 Å². The standard InChI is InChI=1S/C17H21FN2O3/c1-11(2)15(18)16(21)20-13-5-3-12(4-6-13)17(22)23-14-7-9-19-10-8-14/h3-6,14,19H,7-10H2,1-2H3,(H,20,21). The number of benzene rings is 1. The lowest BCUT2D eigenvalue weighted by atomic mass is 10.1. The molecule has 2 rings (SSSR count). The number of halogens is 1. The van der Waals surface area contributed by atoms with Gasteiger partial charge in [0, 0.05) is 5.69 Å². The second-order valence-electron chi connectivity index (χ2n) is 5.70. The molecule has 0 unspecified atom stereocenters. The van der Waals surface area contributed by atoms with Crippen molar-refractivity contribution < 1.29 is 18.7 Å². The molecule has 0 saturated carbocycles. The van der Waals surface area contributed by atoms with E-state index < -0.39 is 11.7 Å².